The second kappa shape index (κ2) is 12.3. The zero-order valence-corrected chi connectivity index (χ0v) is 18.0. The Morgan fingerprint density at radius 2 is 1.12 bits per heavy atom. The summed E-state index contributed by atoms with van der Waals surface area (Å²) in [7, 11) is 0. The van der Waals surface area contributed by atoms with Crippen molar-refractivity contribution < 1.29 is 9.84 Å². The smallest absolute Gasteiger partial charge is 0.0578 e. The summed E-state index contributed by atoms with van der Waals surface area (Å²) in [5.41, 5.74) is 0. The van der Waals surface area contributed by atoms with Crippen LogP contribution in [0.15, 0.2) is 0 Å². The van der Waals surface area contributed by atoms with Gasteiger partial charge in [-0.2, -0.15) is 0 Å². The number of aliphatic hydroxyl groups is 1. The molecule has 2 saturated carbocycles. The largest absolute Gasteiger partial charge is 0.393 e. The summed E-state index contributed by atoms with van der Waals surface area (Å²) in [5, 5.41) is 9.28. The van der Waals surface area contributed by atoms with Crippen molar-refractivity contribution in [3.8, 4) is 0 Å². The third-order valence-corrected chi connectivity index (χ3v) is 6.82. The van der Waals surface area contributed by atoms with Gasteiger partial charge in [-0.3, -0.25) is 0 Å². The third-order valence-electron chi connectivity index (χ3n) is 6.82. The maximum atomic E-state index is 9.28. The first-order chi connectivity index (χ1) is 11.9. The molecule has 2 aliphatic rings. The Balaban J connectivity index is 0.000000257. The lowest BCUT2D eigenvalue weighted by atomic mass is 9.79. The van der Waals surface area contributed by atoms with Gasteiger partial charge in [0.25, 0.3) is 0 Å². The SMILES string of the molecule is CCC(C)C1CCC(O)CC1.CCC(C)C1CCC(OC(C)C)CC1. The van der Waals surface area contributed by atoms with Gasteiger partial charge in [-0.05, 0) is 88.9 Å². The summed E-state index contributed by atoms with van der Waals surface area (Å²) >= 11 is 0. The number of ether oxygens (including phenoxy) is 1. The molecule has 0 aliphatic heterocycles. The van der Waals surface area contributed by atoms with Gasteiger partial charge in [-0.1, -0.05) is 40.5 Å². The Kier molecular flexibility index (Phi) is 11.3. The molecule has 0 heterocycles. The van der Waals surface area contributed by atoms with Gasteiger partial charge in [-0.25, -0.2) is 0 Å². The molecule has 0 spiro atoms. The Morgan fingerprint density at radius 3 is 1.48 bits per heavy atom. The molecular formula is C23H46O2. The minimum absolute atomic E-state index is 0.00954. The molecule has 0 aromatic rings. The normalized spacial score (nSPS) is 32.6. The van der Waals surface area contributed by atoms with Crippen molar-refractivity contribution in [2.24, 2.45) is 23.7 Å². The zero-order valence-electron chi connectivity index (χ0n) is 18.0. The topological polar surface area (TPSA) is 29.5 Å². The molecule has 150 valence electrons. The first-order valence-electron chi connectivity index (χ1n) is 11.2. The predicted octanol–water partition coefficient (Wildman–Crippen LogP) is 6.60. The van der Waals surface area contributed by atoms with Crippen LogP contribution in [0.5, 0.6) is 0 Å². The second-order valence-electron chi connectivity index (χ2n) is 9.06. The lowest BCUT2D eigenvalue weighted by Crippen LogP contribution is -2.26. The van der Waals surface area contributed by atoms with Crippen molar-refractivity contribution >= 4 is 0 Å². The summed E-state index contributed by atoms with van der Waals surface area (Å²) < 4.78 is 5.85. The molecule has 0 amide bonds. The van der Waals surface area contributed by atoms with Crippen LogP contribution in [-0.4, -0.2) is 23.4 Å². The third kappa shape index (κ3) is 8.91. The highest BCUT2D eigenvalue weighted by molar-refractivity contribution is 4.76. The van der Waals surface area contributed by atoms with E-state index in [0.717, 1.165) is 36.5 Å². The number of hydrogen-bond acceptors (Lipinski definition) is 2. The van der Waals surface area contributed by atoms with Crippen molar-refractivity contribution in [1.29, 1.82) is 0 Å². The predicted molar refractivity (Wildman–Crippen MR) is 109 cm³/mol. The molecule has 2 rings (SSSR count). The molecule has 25 heavy (non-hydrogen) atoms. The van der Waals surface area contributed by atoms with Crippen LogP contribution < -0.4 is 0 Å². The van der Waals surface area contributed by atoms with Crippen molar-refractivity contribution in [2.45, 2.75) is 124 Å². The molecule has 2 unspecified atom stereocenters. The fourth-order valence-electron chi connectivity index (χ4n) is 4.52. The van der Waals surface area contributed by atoms with Gasteiger partial charge in [-0.15, -0.1) is 0 Å². The van der Waals surface area contributed by atoms with Gasteiger partial charge >= 0.3 is 0 Å². The fraction of sp³-hybridized carbons (Fsp3) is 1.00. The van der Waals surface area contributed by atoms with E-state index in [9.17, 15) is 5.11 Å². The summed E-state index contributed by atoms with van der Waals surface area (Å²) in [6.07, 6.45) is 13.5. The van der Waals surface area contributed by atoms with Crippen LogP contribution in [0.25, 0.3) is 0 Å². The van der Waals surface area contributed by atoms with Crippen LogP contribution in [0.4, 0.5) is 0 Å². The molecule has 0 bridgehead atoms. The van der Waals surface area contributed by atoms with E-state index in [4.69, 9.17) is 4.74 Å². The number of hydrogen-bond donors (Lipinski definition) is 1. The number of rotatable bonds is 6. The van der Waals surface area contributed by atoms with Gasteiger partial charge in [0.05, 0.1) is 18.3 Å². The van der Waals surface area contributed by atoms with Gasteiger partial charge in [0.15, 0.2) is 0 Å². The molecule has 0 saturated heterocycles. The van der Waals surface area contributed by atoms with Crippen molar-refractivity contribution in [1.82, 2.24) is 0 Å². The van der Waals surface area contributed by atoms with Crippen molar-refractivity contribution in [2.75, 3.05) is 0 Å². The Bertz CT molecular complexity index is 312. The van der Waals surface area contributed by atoms with Gasteiger partial charge < -0.3 is 9.84 Å². The van der Waals surface area contributed by atoms with E-state index in [1.165, 1.54) is 51.4 Å². The minimum atomic E-state index is 0.00954. The fourth-order valence-corrected chi connectivity index (χ4v) is 4.52. The van der Waals surface area contributed by atoms with E-state index in [2.05, 4.69) is 41.5 Å². The van der Waals surface area contributed by atoms with Gasteiger partial charge in [0, 0.05) is 0 Å². The second-order valence-corrected chi connectivity index (χ2v) is 9.06. The van der Waals surface area contributed by atoms with Crippen LogP contribution in [0.3, 0.4) is 0 Å². The van der Waals surface area contributed by atoms with Crippen molar-refractivity contribution in [3.63, 3.8) is 0 Å². The highest BCUT2D eigenvalue weighted by Gasteiger charge is 2.25. The minimum Gasteiger partial charge on any atom is -0.393 e. The average Bonchev–Trinajstić information content (AvgIpc) is 2.61. The Morgan fingerprint density at radius 1 is 0.720 bits per heavy atom. The van der Waals surface area contributed by atoms with Gasteiger partial charge in [0.1, 0.15) is 0 Å². The molecular weight excluding hydrogens is 308 g/mol. The highest BCUT2D eigenvalue weighted by atomic mass is 16.5. The number of aliphatic hydroxyl groups excluding tert-OH is 1. The van der Waals surface area contributed by atoms with E-state index >= 15 is 0 Å². The monoisotopic (exact) mass is 354 g/mol. The molecule has 0 radical (unpaired) electrons. The Hall–Kier alpha value is -0.0800. The molecule has 2 aliphatic carbocycles. The average molecular weight is 355 g/mol. The standard InChI is InChI=1S/C13H26O.C10H20O/c1-5-11(4)12-6-8-13(9-7-12)14-10(2)3;1-3-8(2)9-4-6-10(11)7-5-9/h10-13H,5-9H2,1-4H3;8-11H,3-7H2,1-2H3. The van der Waals surface area contributed by atoms with E-state index in [-0.39, 0.29) is 6.10 Å². The molecule has 1 N–H and O–H groups in total. The first kappa shape index (κ1) is 23.0. The van der Waals surface area contributed by atoms with E-state index in [1.807, 2.05) is 0 Å². The van der Waals surface area contributed by atoms with Crippen molar-refractivity contribution in [3.05, 3.63) is 0 Å². The van der Waals surface area contributed by atoms with Gasteiger partial charge in [0.2, 0.25) is 0 Å². The van der Waals surface area contributed by atoms with E-state index in [0.29, 0.717) is 12.2 Å². The summed E-state index contributed by atoms with van der Waals surface area (Å²) in [6, 6.07) is 0. The lowest BCUT2D eigenvalue weighted by molar-refractivity contribution is -0.0238. The van der Waals surface area contributed by atoms with Crippen LogP contribution >= 0.6 is 0 Å². The maximum absolute atomic E-state index is 9.28. The summed E-state index contributed by atoms with van der Waals surface area (Å²) in [5.74, 6) is 3.63. The first-order valence-corrected chi connectivity index (χ1v) is 11.2. The van der Waals surface area contributed by atoms with Crippen LogP contribution in [0.1, 0.15) is 106 Å². The molecule has 2 heteroatoms. The zero-order chi connectivity index (χ0) is 18.8. The van der Waals surface area contributed by atoms with E-state index < -0.39 is 0 Å². The highest BCUT2D eigenvalue weighted by Crippen LogP contribution is 2.33. The lowest BCUT2D eigenvalue weighted by Gasteiger charge is -2.32. The van der Waals surface area contributed by atoms with Crippen LogP contribution in [-0.2, 0) is 4.74 Å². The molecule has 2 nitrogen and oxygen atoms in total. The molecule has 2 fully saturated rings. The molecule has 2 atom stereocenters. The summed E-state index contributed by atoms with van der Waals surface area (Å²) in [6.45, 7) is 13.6. The van der Waals surface area contributed by atoms with E-state index in [1.54, 1.807) is 0 Å². The van der Waals surface area contributed by atoms with Crippen LogP contribution in [0.2, 0.25) is 0 Å². The summed E-state index contributed by atoms with van der Waals surface area (Å²) in [4.78, 5) is 0. The Labute approximate surface area is 158 Å². The molecule has 0 aromatic heterocycles. The van der Waals surface area contributed by atoms with Crippen LogP contribution in [0, 0.1) is 23.7 Å². The molecule has 0 aromatic carbocycles. The quantitative estimate of drug-likeness (QED) is 0.582. The maximum Gasteiger partial charge on any atom is 0.0578 e.